The van der Waals surface area contributed by atoms with Crippen LogP contribution in [0.5, 0.6) is 0 Å². The number of nitrogens with zero attached hydrogens (tertiary/aromatic N) is 1. The number of aliphatic imine (C=N–C) groups is 1. The lowest BCUT2D eigenvalue weighted by Crippen LogP contribution is -2.47. The maximum Gasteiger partial charge on any atom is 0.157 e. The van der Waals surface area contributed by atoms with E-state index >= 15 is 0 Å². The van der Waals surface area contributed by atoms with Gasteiger partial charge in [-0.2, -0.15) is 0 Å². The zero-order chi connectivity index (χ0) is 10.9. The molecule has 1 N–H and O–H groups in total. The van der Waals surface area contributed by atoms with Gasteiger partial charge in [0.05, 0.1) is 0 Å². The van der Waals surface area contributed by atoms with Crippen LogP contribution in [0, 0.1) is 5.92 Å². The van der Waals surface area contributed by atoms with E-state index in [0.29, 0.717) is 11.6 Å². The van der Waals surface area contributed by atoms with Gasteiger partial charge in [-0.1, -0.05) is 31.5 Å². The minimum atomic E-state index is 0.385. The fourth-order valence-corrected chi connectivity index (χ4v) is 4.04. The van der Waals surface area contributed by atoms with Gasteiger partial charge < -0.3 is 5.32 Å². The number of rotatable bonds is 1. The maximum atomic E-state index is 4.62. The lowest BCUT2D eigenvalue weighted by atomic mass is 9.78. The first-order chi connectivity index (χ1) is 7.10. The molecule has 2 aliphatic rings. The number of amidine groups is 1. The highest BCUT2D eigenvalue weighted by molar-refractivity contribution is 8.14. The molecule has 1 heterocycles. The van der Waals surface area contributed by atoms with E-state index in [1.165, 1.54) is 36.6 Å². The molecule has 0 aromatic rings. The smallest absolute Gasteiger partial charge is 0.157 e. The minimum Gasteiger partial charge on any atom is -0.359 e. The quantitative estimate of drug-likeness (QED) is 0.743. The number of hydrogen-bond acceptors (Lipinski definition) is 2. The van der Waals surface area contributed by atoms with E-state index in [1.54, 1.807) is 0 Å². The van der Waals surface area contributed by atoms with Gasteiger partial charge in [-0.15, -0.1) is 0 Å². The van der Waals surface area contributed by atoms with E-state index < -0.39 is 0 Å². The molecule has 1 saturated heterocycles. The molecule has 2 unspecified atom stereocenters. The van der Waals surface area contributed by atoms with Crippen molar-refractivity contribution in [3.05, 3.63) is 0 Å². The van der Waals surface area contributed by atoms with Crippen molar-refractivity contribution in [1.82, 2.24) is 5.32 Å². The summed E-state index contributed by atoms with van der Waals surface area (Å²) in [4.78, 5) is 4.62. The average Bonchev–Trinajstić information content (AvgIpc) is 2.47. The molecule has 0 amide bonds. The summed E-state index contributed by atoms with van der Waals surface area (Å²) in [5.74, 6) is 2.10. The summed E-state index contributed by atoms with van der Waals surface area (Å²) in [5, 5.41) is 4.86. The highest BCUT2D eigenvalue weighted by atomic mass is 32.2. The van der Waals surface area contributed by atoms with Crippen molar-refractivity contribution in [3.63, 3.8) is 0 Å². The molecule has 2 nitrogen and oxygen atoms in total. The van der Waals surface area contributed by atoms with Gasteiger partial charge >= 0.3 is 0 Å². The first-order valence-electron chi connectivity index (χ1n) is 6.08. The monoisotopic (exact) mass is 226 g/mol. The molecule has 0 aromatic heterocycles. The third kappa shape index (κ3) is 2.68. The van der Waals surface area contributed by atoms with Crippen molar-refractivity contribution in [2.45, 2.75) is 58.0 Å². The van der Waals surface area contributed by atoms with Crippen LogP contribution >= 0.6 is 11.8 Å². The van der Waals surface area contributed by atoms with Gasteiger partial charge in [0.25, 0.3) is 0 Å². The molecule has 86 valence electrons. The fraction of sp³-hybridized carbons (Fsp3) is 0.917. The Balaban J connectivity index is 2.01. The van der Waals surface area contributed by atoms with E-state index in [9.17, 15) is 0 Å². The first-order valence-corrected chi connectivity index (χ1v) is 7.07. The van der Waals surface area contributed by atoms with Crippen LogP contribution in [-0.2, 0) is 0 Å². The number of thioether (sulfide) groups is 1. The zero-order valence-electron chi connectivity index (χ0n) is 10.0. The van der Waals surface area contributed by atoms with Crippen molar-refractivity contribution in [3.8, 4) is 0 Å². The number of hydrogen-bond donors (Lipinski definition) is 1. The molecule has 1 saturated carbocycles. The molecule has 2 fully saturated rings. The molecule has 1 spiro atoms. The van der Waals surface area contributed by atoms with Gasteiger partial charge in [0.2, 0.25) is 0 Å². The minimum absolute atomic E-state index is 0.385. The zero-order valence-corrected chi connectivity index (χ0v) is 10.9. The molecule has 1 aliphatic carbocycles. The molecule has 2 rings (SSSR count). The lowest BCUT2D eigenvalue weighted by Gasteiger charge is -2.36. The first kappa shape index (κ1) is 11.3. The molecule has 0 bridgehead atoms. The lowest BCUT2D eigenvalue weighted by molar-refractivity contribution is 0.242. The molecule has 0 radical (unpaired) electrons. The van der Waals surface area contributed by atoms with Crippen LogP contribution in [0.1, 0.15) is 46.5 Å². The van der Waals surface area contributed by atoms with Crippen LogP contribution in [-0.4, -0.2) is 22.5 Å². The van der Waals surface area contributed by atoms with Crippen molar-refractivity contribution < 1.29 is 0 Å². The second-order valence-electron chi connectivity index (χ2n) is 5.42. The van der Waals surface area contributed by atoms with E-state index in [4.69, 9.17) is 0 Å². The summed E-state index contributed by atoms with van der Waals surface area (Å²) >= 11 is 1.92. The fourth-order valence-electron chi connectivity index (χ4n) is 2.71. The summed E-state index contributed by atoms with van der Waals surface area (Å²) in [6.07, 6.45) is 5.45. The Morgan fingerprint density at radius 3 is 3.00 bits per heavy atom. The van der Waals surface area contributed by atoms with E-state index in [2.05, 4.69) is 31.1 Å². The Kier molecular flexibility index (Phi) is 3.29. The Labute approximate surface area is 97.3 Å². The summed E-state index contributed by atoms with van der Waals surface area (Å²) in [6.45, 7) is 6.66. The predicted octanol–water partition coefficient (Wildman–Crippen LogP) is 3.04. The van der Waals surface area contributed by atoms with Crippen LogP contribution in [0.25, 0.3) is 0 Å². The van der Waals surface area contributed by atoms with E-state index in [-0.39, 0.29) is 0 Å². The van der Waals surface area contributed by atoms with Gasteiger partial charge in [0.1, 0.15) is 0 Å². The van der Waals surface area contributed by atoms with E-state index in [1.807, 2.05) is 11.8 Å². The Morgan fingerprint density at radius 2 is 2.33 bits per heavy atom. The summed E-state index contributed by atoms with van der Waals surface area (Å²) in [5.41, 5.74) is 0.385. The van der Waals surface area contributed by atoms with Crippen LogP contribution in [0.3, 0.4) is 0 Å². The summed E-state index contributed by atoms with van der Waals surface area (Å²) in [7, 11) is 0. The van der Waals surface area contributed by atoms with Crippen LogP contribution in [0.15, 0.2) is 4.99 Å². The average molecular weight is 226 g/mol. The SMILES string of the molecule is CC1CCCC2(CSC(=NC(C)C)N2)C1. The molecule has 3 heteroatoms. The van der Waals surface area contributed by atoms with Gasteiger partial charge in [-0.3, -0.25) is 4.99 Å². The molecular weight excluding hydrogens is 204 g/mol. The van der Waals surface area contributed by atoms with Crippen molar-refractivity contribution in [1.29, 1.82) is 0 Å². The van der Waals surface area contributed by atoms with Crippen molar-refractivity contribution in [2.75, 3.05) is 5.75 Å². The predicted molar refractivity (Wildman–Crippen MR) is 68.5 cm³/mol. The van der Waals surface area contributed by atoms with Crippen molar-refractivity contribution >= 4 is 16.9 Å². The normalized spacial score (nSPS) is 38.9. The van der Waals surface area contributed by atoms with Crippen molar-refractivity contribution in [2.24, 2.45) is 10.9 Å². The third-order valence-electron chi connectivity index (χ3n) is 3.32. The van der Waals surface area contributed by atoms with Gasteiger partial charge in [0, 0.05) is 17.3 Å². The third-order valence-corrected chi connectivity index (χ3v) is 4.50. The second kappa shape index (κ2) is 4.36. The molecule has 2 atom stereocenters. The standard InChI is InChI=1S/C12H22N2S/c1-9(2)13-11-14-12(8-15-11)6-4-5-10(3)7-12/h9-10H,4-8H2,1-3H3,(H,13,14). The second-order valence-corrected chi connectivity index (χ2v) is 6.39. The molecule has 1 aliphatic heterocycles. The van der Waals surface area contributed by atoms with Crippen LogP contribution < -0.4 is 5.32 Å². The van der Waals surface area contributed by atoms with Crippen LogP contribution in [0.2, 0.25) is 0 Å². The molecular formula is C12H22N2S. The molecule has 15 heavy (non-hydrogen) atoms. The topological polar surface area (TPSA) is 24.4 Å². The Morgan fingerprint density at radius 1 is 1.53 bits per heavy atom. The Bertz CT molecular complexity index is 262. The maximum absolute atomic E-state index is 4.62. The van der Waals surface area contributed by atoms with E-state index in [0.717, 1.165) is 5.92 Å². The Hall–Kier alpha value is -0.180. The number of nitrogens with one attached hydrogen (secondary N) is 1. The summed E-state index contributed by atoms with van der Waals surface area (Å²) in [6, 6.07) is 0.413. The summed E-state index contributed by atoms with van der Waals surface area (Å²) < 4.78 is 0. The molecule has 0 aromatic carbocycles. The van der Waals surface area contributed by atoms with Crippen LogP contribution in [0.4, 0.5) is 0 Å². The van der Waals surface area contributed by atoms with Gasteiger partial charge in [-0.05, 0) is 32.6 Å². The highest BCUT2D eigenvalue weighted by Gasteiger charge is 2.40. The van der Waals surface area contributed by atoms with Gasteiger partial charge in [0.15, 0.2) is 5.17 Å². The highest BCUT2D eigenvalue weighted by Crippen LogP contribution is 2.38. The largest absolute Gasteiger partial charge is 0.359 e. The van der Waals surface area contributed by atoms with Gasteiger partial charge in [-0.25, -0.2) is 0 Å².